The van der Waals surface area contributed by atoms with Crippen LogP contribution in [0.3, 0.4) is 0 Å². The van der Waals surface area contributed by atoms with E-state index in [0.717, 1.165) is 17.3 Å². The Balaban J connectivity index is 1.81. The number of piperidine rings is 1. The van der Waals surface area contributed by atoms with Crippen LogP contribution in [0.15, 0.2) is 17.3 Å². The predicted molar refractivity (Wildman–Crippen MR) is 63.4 cm³/mol. The molecule has 1 aliphatic rings. The van der Waals surface area contributed by atoms with Gasteiger partial charge in [0.15, 0.2) is 0 Å². The Morgan fingerprint density at radius 3 is 3.20 bits per heavy atom. The highest BCUT2D eigenvalue weighted by Gasteiger charge is 2.12. The van der Waals surface area contributed by atoms with Crippen molar-refractivity contribution < 1.29 is 0 Å². The van der Waals surface area contributed by atoms with Crippen LogP contribution in [0, 0.1) is 0 Å². The molecule has 82 valence electrons. The number of hydrogen-bond donors (Lipinski definition) is 1. The first kappa shape index (κ1) is 11.2. The van der Waals surface area contributed by atoms with Crippen LogP contribution in [0.25, 0.3) is 0 Å². The van der Waals surface area contributed by atoms with Crippen LogP contribution >= 0.6 is 23.4 Å². The van der Waals surface area contributed by atoms with Crippen molar-refractivity contribution in [2.24, 2.45) is 0 Å². The number of thioether (sulfide) groups is 1. The molecule has 1 aliphatic heterocycles. The Labute approximate surface area is 99.0 Å². The van der Waals surface area contributed by atoms with Crippen LogP contribution in [0.5, 0.6) is 0 Å². The van der Waals surface area contributed by atoms with Crippen LogP contribution in [-0.4, -0.2) is 28.3 Å². The average molecular weight is 244 g/mol. The second-order valence-corrected chi connectivity index (χ2v) is 5.00. The first-order chi connectivity index (χ1) is 7.34. The standard InChI is InChI=1S/C10H14ClN3S/c11-10-13-6-4-9(14-10)15-7-8-3-1-2-5-12-8/h4,6,8,12H,1-3,5,7H2/t8-/m0/s1. The molecular weight excluding hydrogens is 230 g/mol. The maximum Gasteiger partial charge on any atom is 0.223 e. The van der Waals surface area contributed by atoms with Crippen molar-refractivity contribution in [3.63, 3.8) is 0 Å². The molecule has 1 aromatic rings. The summed E-state index contributed by atoms with van der Waals surface area (Å²) in [6.45, 7) is 1.15. The lowest BCUT2D eigenvalue weighted by molar-refractivity contribution is 0.430. The average Bonchev–Trinajstić information content (AvgIpc) is 2.28. The monoisotopic (exact) mass is 243 g/mol. The van der Waals surface area contributed by atoms with E-state index in [-0.39, 0.29) is 0 Å². The summed E-state index contributed by atoms with van der Waals surface area (Å²) in [6, 6.07) is 2.52. The number of hydrogen-bond acceptors (Lipinski definition) is 4. The zero-order chi connectivity index (χ0) is 10.5. The fraction of sp³-hybridized carbons (Fsp3) is 0.600. The van der Waals surface area contributed by atoms with Crippen LogP contribution < -0.4 is 5.32 Å². The minimum absolute atomic E-state index is 0.330. The maximum absolute atomic E-state index is 5.72. The van der Waals surface area contributed by atoms with E-state index in [9.17, 15) is 0 Å². The van der Waals surface area contributed by atoms with Gasteiger partial charge in [-0.15, -0.1) is 11.8 Å². The molecule has 5 heteroatoms. The van der Waals surface area contributed by atoms with E-state index in [1.807, 2.05) is 6.07 Å². The van der Waals surface area contributed by atoms with Crippen molar-refractivity contribution in [2.75, 3.05) is 12.3 Å². The molecule has 0 aliphatic carbocycles. The van der Waals surface area contributed by atoms with Gasteiger partial charge in [0.2, 0.25) is 5.28 Å². The van der Waals surface area contributed by atoms with Gasteiger partial charge in [-0.05, 0) is 37.1 Å². The fourth-order valence-corrected chi connectivity index (χ4v) is 2.81. The molecule has 0 radical (unpaired) electrons. The molecule has 0 unspecified atom stereocenters. The largest absolute Gasteiger partial charge is 0.313 e. The molecule has 1 aromatic heterocycles. The van der Waals surface area contributed by atoms with E-state index in [0.29, 0.717) is 11.3 Å². The summed E-state index contributed by atoms with van der Waals surface area (Å²) in [5, 5.41) is 4.80. The number of halogens is 1. The van der Waals surface area contributed by atoms with E-state index in [4.69, 9.17) is 11.6 Å². The van der Waals surface area contributed by atoms with Gasteiger partial charge in [-0.25, -0.2) is 9.97 Å². The van der Waals surface area contributed by atoms with Gasteiger partial charge in [-0.1, -0.05) is 6.42 Å². The van der Waals surface area contributed by atoms with Gasteiger partial charge in [0.1, 0.15) is 5.03 Å². The fourth-order valence-electron chi connectivity index (χ4n) is 1.65. The van der Waals surface area contributed by atoms with Crippen molar-refractivity contribution >= 4 is 23.4 Å². The molecule has 0 spiro atoms. The third-order valence-electron chi connectivity index (χ3n) is 2.45. The highest BCUT2D eigenvalue weighted by molar-refractivity contribution is 7.99. The first-order valence-electron chi connectivity index (χ1n) is 5.19. The number of aromatic nitrogens is 2. The minimum Gasteiger partial charge on any atom is -0.313 e. The lowest BCUT2D eigenvalue weighted by atomic mass is 10.1. The molecule has 2 rings (SSSR count). The third-order valence-corrected chi connectivity index (χ3v) is 3.72. The van der Waals surface area contributed by atoms with Crippen LogP contribution in [-0.2, 0) is 0 Å². The summed E-state index contributed by atoms with van der Waals surface area (Å²) in [5.74, 6) is 1.06. The van der Waals surface area contributed by atoms with Gasteiger partial charge in [0, 0.05) is 18.0 Å². The second kappa shape index (κ2) is 5.68. The normalized spacial score (nSPS) is 21.5. The second-order valence-electron chi connectivity index (χ2n) is 3.62. The molecular formula is C10H14ClN3S. The van der Waals surface area contributed by atoms with E-state index in [1.54, 1.807) is 18.0 Å². The van der Waals surface area contributed by atoms with Gasteiger partial charge < -0.3 is 5.32 Å². The molecule has 0 amide bonds. The van der Waals surface area contributed by atoms with Gasteiger partial charge in [0.25, 0.3) is 0 Å². The topological polar surface area (TPSA) is 37.8 Å². The zero-order valence-corrected chi connectivity index (χ0v) is 10.0. The molecule has 1 fully saturated rings. The maximum atomic E-state index is 5.72. The lowest BCUT2D eigenvalue weighted by Crippen LogP contribution is -2.35. The Kier molecular flexibility index (Phi) is 4.23. The van der Waals surface area contributed by atoms with Gasteiger partial charge >= 0.3 is 0 Å². The summed E-state index contributed by atoms with van der Waals surface area (Å²) in [7, 11) is 0. The van der Waals surface area contributed by atoms with E-state index in [2.05, 4.69) is 15.3 Å². The highest BCUT2D eigenvalue weighted by Crippen LogP contribution is 2.19. The predicted octanol–water partition coefficient (Wildman–Crippen LogP) is 2.36. The molecule has 15 heavy (non-hydrogen) atoms. The summed E-state index contributed by atoms with van der Waals surface area (Å²) >= 11 is 7.46. The SMILES string of the molecule is Clc1nccc(SC[C@@H]2CCCCN2)n1. The molecule has 0 aromatic carbocycles. The zero-order valence-electron chi connectivity index (χ0n) is 8.45. The third kappa shape index (κ3) is 3.63. The van der Waals surface area contributed by atoms with Crippen molar-refractivity contribution in [2.45, 2.75) is 30.3 Å². The first-order valence-corrected chi connectivity index (χ1v) is 6.56. The van der Waals surface area contributed by atoms with Gasteiger partial charge in [0.05, 0.1) is 0 Å². The summed E-state index contributed by atoms with van der Waals surface area (Å²) < 4.78 is 0. The van der Waals surface area contributed by atoms with Crippen LogP contribution in [0.4, 0.5) is 0 Å². The Morgan fingerprint density at radius 1 is 1.53 bits per heavy atom. The highest BCUT2D eigenvalue weighted by atomic mass is 35.5. The Hall–Kier alpha value is -0.320. The molecule has 0 saturated carbocycles. The number of nitrogens with zero attached hydrogens (tertiary/aromatic N) is 2. The molecule has 1 N–H and O–H groups in total. The molecule has 1 saturated heterocycles. The number of nitrogens with one attached hydrogen (secondary N) is 1. The summed E-state index contributed by atoms with van der Waals surface area (Å²) in [4.78, 5) is 8.01. The van der Waals surface area contributed by atoms with Crippen LogP contribution in [0.2, 0.25) is 5.28 Å². The quantitative estimate of drug-likeness (QED) is 0.503. The molecule has 1 atom stereocenters. The van der Waals surface area contributed by atoms with Gasteiger partial charge in [-0.3, -0.25) is 0 Å². The van der Waals surface area contributed by atoms with Gasteiger partial charge in [-0.2, -0.15) is 0 Å². The summed E-state index contributed by atoms with van der Waals surface area (Å²) in [6.07, 6.45) is 5.61. The van der Waals surface area contributed by atoms with Crippen molar-refractivity contribution in [3.8, 4) is 0 Å². The Bertz CT molecular complexity index is 315. The molecule has 0 bridgehead atoms. The smallest absolute Gasteiger partial charge is 0.223 e. The van der Waals surface area contributed by atoms with Crippen molar-refractivity contribution in [3.05, 3.63) is 17.5 Å². The van der Waals surface area contributed by atoms with E-state index in [1.165, 1.54) is 19.3 Å². The van der Waals surface area contributed by atoms with Crippen molar-refractivity contribution in [1.29, 1.82) is 0 Å². The lowest BCUT2D eigenvalue weighted by Gasteiger charge is -2.22. The van der Waals surface area contributed by atoms with Crippen LogP contribution in [0.1, 0.15) is 19.3 Å². The van der Waals surface area contributed by atoms with Crippen molar-refractivity contribution in [1.82, 2.24) is 15.3 Å². The number of rotatable bonds is 3. The molecule has 3 nitrogen and oxygen atoms in total. The Morgan fingerprint density at radius 2 is 2.47 bits per heavy atom. The van der Waals surface area contributed by atoms with E-state index >= 15 is 0 Å². The summed E-state index contributed by atoms with van der Waals surface area (Å²) in [5.41, 5.74) is 0. The minimum atomic E-state index is 0.330. The molecule has 2 heterocycles. The van der Waals surface area contributed by atoms with E-state index < -0.39 is 0 Å².